The minimum Gasteiger partial charge on any atom is -0.310 e. The highest BCUT2D eigenvalue weighted by Crippen LogP contribution is 2.51. The maximum atomic E-state index is 2.45. The molecule has 59 heavy (non-hydrogen) atoms. The second-order valence-corrected chi connectivity index (χ2v) is 16.7. The zero-order chi connectivity index (χ0) is 39.1. The Morgan fingerprint density at radius 1 is 0.220 bits per heavy atom. The van der Waals surface area contributed by atoms with Crippen LogP contribution in [0.3, 0.4) is 0 Å². The SMILES string of the molecule is c1ccc(N(c2ccccc2)c2ccc3sc4cc(N(c5ccccc5)c5ccc6sc7ccccc7c6c5)c(N(c5ccccc5)c5ccccc5)cc4c3c2)cc1. The van der Waals surface area contributed by atoms with Crippen molar-refractivity contribution in [1.29, 1.82) is 0 Å². The highest BCUT2D eigenvalue weighted by Gasteiger charge is 2.25. The first-order valence-electron chi connectivity index (χ1n) is 19.8. The van der Waals surface area contributed by atoms with E-state index in [1.54, 1.807) is 0 Å². The molecule has 0 aliphatic heterocycles. The van der Waals surface area contributed by atoms with E-state index in [2.05, 4.69) is 239 Å². The average molecular weight is 792 g/mol. The number of benzene rings is 9. The summed E-state index contributed by atoms with van der Waals surface area (Å²) in [5.74, 6) is 0. The van der Waals surface area contributed by atoms with Crippen LogP contribution in [0, 0.1) is 0 Å². The Morgan fingerprint density at radius 3 is 1.07 bits per heavy atom. The van der Waals surface area contributed by atoms with Gasteiger partial charge in [-0.2, -0.15) is 0 Å². The Balaban J connectivity index is 1.20. The van der Waals surface area contributed by atoms with E-state index in [1.807, 2.05) is 22.7 Å². The molecule has 5 heteroatoms. The van der Waals surface area contributed by atoms with Crippen molar-refractivity contribution < 1.29 is 0 Å². The Kier molecular flexibility index (Phi) is 8.88. The zero-order valence-electron chi connectivity index (χ0n) is 32.0. The van der Waals surface area contributed by atoms with E-state index in [1.165, 1.54) is 40.3 Å². The van der Waals surface area contributed by atoms with E-state index in [0.717, 1.165) is 51.2 Å². The van der Waals surface area contributed by atoms with Gasteiger partial charge in [-0.05, 0) is 115 Å². The van der Waals surface area contributed by atoms with E-state index in [4.69, 9.17) is 0 Å². The molecule has 0 atom stereocenters. The Hall–Kier alpha value is -7.18. The quantitative estimate of drug-likeness (QED) is 0.144. The van der Waals surface area contributed by atoms with Gasteiger partial charge in [-0.25, -0.2) is 0 Å². The molecular weight excluding hydrogens is 755 g/mol. The number of hydrogen-bond donors (Lipinski definition) is 0. The van der Waals surface area contributed by atoms with Gasteiger partial charge in [0.05, 0.1) is 11.4 Å². The van der Waals surface area contributed by atoms with Gasteiger partial charge in [0, 0.05) is 80.2 Å². The first-order valence-corrected chi connectivity index (χ1v) is 21.5. The van der Waals surface area contributed by atoms with Crippen LogP contribution in [0.5, 0.6) is 0 Å². The van der Waals surface area contributed by atoms with Crippen LogP contribution in [-0.4, -0.2) is 0 Å². The van der Waals surface area contributed by atoms with Crippen LogP contribution >= 0.6 is 22.7 Å². The van der Waals surface area contributed by atoms with E-state index in [9.17, 15) is 0 Å². The summed E-state index contributed by atoms with van der Waals surface area (Å²) in [5.41, 5.74) is 9.92. The first kappa shape index (κ1) is 35.0. The maximum absolute atomic E-state index is 2.45. The lowest BCUT2D eigenvalue weighted by atomic mass is 10.0. The van der Waals surface area contributed by atoms with Crippen LogP contribution < -0.4 is 14.7 Å². The van der Waals surface area contributed by atoms with Gasteiger partial charge in [0.25, 0.3) is 0 Å². The summed E-state index contributed by atoms with van der Waals surface area (Å²) < 4.78 is 5.06. The number of hydrogen-bond acceptors (Lipinski definition) is 5. The van der Waals surface area contributed by atoms with Crippen LogP contribution in [0.2, 0.25) is 0 Å². The lowest BCUT2D eigenvalue weighted by molar-refractivity contribution is 1.24. The average Bonchev–Trinajstić information content (AvgIpc) is 3.86. The van der Waals surface area contributed by atoms with Crippen LogP contribution in [0.1, 0.15) is 0 Å². The fraction of sp³-hybridized carbons (Fsp3) is 0. The summed E-state index contributed by atoms with van der Waals surface area (Å²) in [7, 11) is 0. The minimum atomic E-state index is 1.09. The summed E-state index contributed by atoms with van der Waals surface area (Å²) in [6.45, 7) is 0. The third kappa shape index (κ3) is 6.38. The van der Waals surface area contributed by atoms with Crippen molar-refractivity contribution in [1.82, 2.24) is 0 Å². The fourth-order valence-electron chi connectivity index (χ4n) is 8.33. The summed E-state index contributed by atoms with van der Waals surface area (Å²) >= 11 is 3.70. The maximum Gasteiger partial charge on any atom is 0.0716 e. The largest absolute Gasteiger partial charge is 0.310 e. The predicted octanol–water partition coefficient (Wildman–Crippen LogP) is 16.8. The smallest absolute Gasteiger partial charge is 0.0716 e. The van der Waals surface area contributed by atoms with Gasteiger partial charge in [0.1, 0.15) is 0 Å². The van der Waals surface area contributed by atoms with Gasteiger partial charge in [0.2, 0.25) is 0 Å². The molecule has 0 bridgehead atoms. The standard InChI is InChI=1S/C54H37N3S2/c1-6-18-38(19-7-1)55(39-20-8-2-9-21-39)43-30-32-53-47(34-43)48-36-49(56(40-22-10-3-11-23-40)41-24-12-4-13-25-41)50(37-54(48)59-53)57(42-26-14-5-15-27-42)44-31-33-52-46(35-44)45-28-16-17-29-51(45)58-52/h1-37H. The van der Waals surface area contributed by atoms with Crippen molar-refractivity contribution in [2.24, 2.45) is 0 Å². The fourth-order valence-corrected chi connectivity index (χ4v) is 10.5. The van der Waals surface area contributed by atoms with Crippen LogP contribution in [-0.2, 0) is 0 Å². The number of anilines is 9. The van der Waals surface area contributed by atoms with Gasteiger partial charge in [-0.15, -0.1) is 22.7 Å². The molecular formula is C54H37N3S2. The van der Waals surface area contributed by atoms with Crippen LogP contribution in [0.25, 0.3) is 40.3 Å². The molecule has 0 spiro atoms. The van der Waals surface area contributed by atoms with E-state index in [0.29, 0.717) is 0 Å². The molecule has 9 aromatic carbocycles. The molecule has 0 unspecified atom stereocenters. The molecule has 3 nitrogen and oxygen atoms in total. The predicted molar refractivity (Wildman–Crippen MR) is 256 cm³/mol. The lowest BCUT2D eigenvalue weighted by Crippen LogP contribution is -2.17. The first-order chi connectivity index (χ1) is 29.3. The van der Waals surface area contributed by atoms with Crippen molar-refractivity contribution in [3.63, 3.8) is 0 Å². The summed E-state index contributed by atoms with van der Waals surface area (Å²) in [5, 5.41) is 5.00. The van der Waals surface area contributed by atoms with E-state index < -0.39 is 0 Å². The number of para-hydroxylation sites is 5. The van der Waals surface area contributed by atoms with Crippen molar-refractivity contribution in [3.8, 4) is 0 Å². The molecule has 2 heterocycles. The topological polar surface area (TPSA) is 9.72 Å². The highest BCUT2D eigenvalue weighted by atomic mass is 32.1. The van der Waals surface area contributed by atoms with E-state index >= 15 is 0 Å². The summed E-state index contributed by atoms with van der Waals surface area (Å²) in [6, 6.07) is 81.1. The molecule has 0 aliphatic carbocycles. The lowest BCUT2D eigenvalue weighted by Gasteiger charge is -2.33. The van der Waals surface area contributed by atoms with Gasteiger partial charge in [0.15, 0.2) is 0 Å². The summed E-state index contributed by atoms with van der Waals surface area (Å²) in [4.78, 5) is 7.21. The molecule has 0 amide bonds. The normalized spacial score (nSPS) is 11.4. The Morgan fingerprint density at radius 2 is 0.559 bits per heavy atom. The van der Waals surface area contributed by atoms with Crippen molar-refractivity contribution in [3.05, 3.63) is 224 Å². The molecule has 0 saturated carbocycles. The number of nitrogens with zero attached hydrogens (tertiary/aromatic N) is 3. The number of thiophene rings is 2. The molecule has 0 saturated heterocycles. The van der Waals surface area contributed by atoms with Gasteiger partial charge in [-0.1, -0.05) is 109 Å². The van der Waals surface area contributed by atoms with Gasteiger partial charge < -0.3 is 14.7 Å². The monoisotopic (exact) mass is 791 g/mol. The van der Waals surface area contributed by atoms with Crippen molar-refractivity contribution in [2.45, 2.75) is 0 Å². The number of rotatable bonds is 9. The Labute approximate surface area is 351 Å². The summed E-state index contributed by atoms with van der Waals surface area (Å²) in [6.07, 6.45) is 0. The molecule has 0 fully saturated rings. The second-order valence-electron chi connectivity index (χ2n) is 14.6. The molecule has 280 valence electrons. The molecule has 0 aliphatic rings. The molecule has 0 N–H and O–H groups in total. The highest BCUT2D eigenvalue weighted by molar-refractivity contribution is 7.26. The minimum absolute atomic E-state index is 1.09. The molecule has 11 rings (SSSR count). The molecule has 11 aromatic rings. The van der Waals surface area contributed by atoms with Gasteiger partial charge in [-0.3, -0.25) is 0 Å². The third-order valence-electron chi connectivity index (χ3n) is 11.0. The van der Waals surface area contributed by atoms with Gasteiger partial charge >= 0.3 is 0 Å². The molecule has 0 radical (unpaired) electrons. The zero-order valence-corrected chi connectivity index (χ0v) is 33.7. The Bertz CT molecular complexity index is 3140. The van der Waals surface area contributed by atoms with Crippen LogP contribution in [0.4, 0.5) is 51.2 Å². The third-order valence-corrected chi connectivity index (χ3v) is 13.3. The second kappa shape index (κ2) is 15.0. The van der Waals surface area contributed by atoms with Crippen molar-refractivity contribution >= 4 is 114 Å². The molecule has 2 aromatic heterocycles. The van der Waals surface area contributed by atoms with Crippen molar-refractivity contribution in [2.75, 3.05) is 14.7 Å². The number of fused-ring (bicyclic) bond motifs is 6. The van der Waals surface area contributed by atoms with E-state index in [-0.39, 0.29) is 0 Å². The van der Waals surface area contributed by atoms with Crippen LogP contribution in [0.15, 0.2) is 224 Å².